The predicted molar refractivity (Wildman–Crippen MR) is 65.9 cm³/mol. The van der Waals surface area contributed by atoms with Gasteiger partial charge in [0.25, 0.3) is 0 Å². The second-order valence-electron chi connectivity index (χ2n) is 3.62. The minimum Gasteiger partial charge on any atom is -0.467 e. The van der Waals surface area contributed by atoms with E-state index in [0.717, 1.165) is 18.2 Å². The number of rotatable bonds is 4. The maximum absolute atomic E-state index is 13.7. The molecule has 1 heterocycles. The van der Waals surface area contributed by atoms with Crippen molar-refractivity contribution in [2.75, 3.05) is 19.0 Å². The van der Waals surface area contributed by atoms with E-state index in [0.29, 0.717) is 6.54 Å². The number of methoxy groups -OCH3 is 1. The number of anilines is 1. The van der Waals surface area contributed by atoms with Crippen LogP contribution in [0.15, 0.2) is 18.2 Å². The summed E-state index contributed by atoms with van der Waals surface area (Å²) in [6, 6.07) is 3.11. The highest BCUT2D eigenvalue weighted by Gasteiger charge is 2.13. The van der Waals surface area contributed by atoms with Gasteiger partial charge < -0.3 is 10.1 Å². The summed E-state index contributed by atoms with van der Waals surface area (Å²) >= 11 is 0. The summed E-state index contributed by atoms with van der Waals surface area (Å²) in [6.07, 6.45) is 0. The summed E-state index contributed by atoms with van der Waals surface area (Å²) in [5.74, 6) is -0.925. The molecule has 0 fully saturated rings. The number of nitrogens with zero attached hydrogens (tertiary/aromatic N) is 3. The zero-order valence-electron chi connectivity index (χ0n) is 10.4. The van der Waals surface area contributed by atoms with Gasteiger partial charge in [-0.3, -0.25) is 0 Å². The van der Waals surface area contributed by atoms with E-state index in [9.17, 15) is 8.78 Å². The highest BCUT2D eigenvalue weighted by atomic mass is 19.1. The van der Waals surface area contributed by atoms with E-state index < -0.39 is 11.6 Å². The summed E-state index contributed by atoms with van der Waals surface area (Å²) in [5.41, 5.74) is -0.0418. The Hall–Kier alpha value is -2.31. The van der Waals surface area contributed by atoms with Gasteiger partial charge in [-0.1, -0.05) is 0 Å². The molecule has 1 aromatic carbocycles. The molecule has 5 nitrogen and oxygen atoms in total. The van der Waals surface area contributed by atoms with Gasteiger partial charge in [0.15, 0.2) is 5.82 Å². The summed E-state index contributed by atoms with van der Waals surface area (Å²) in [5, 5.41) is 2.87. The molecule has 0 aliphatic heterocycles. The molecule has 1 N–H and O–H groups in total. The SMILES string of the molecule is CCNc1nc(OC)nc(-c2cc(F)ccc2F)n1. The first-order valence-corrected chi connectivity index (χ1v) is 5.63. The van der Waals surface area contributed by atoms with Crippen molar-refractivity contribution in [2.24, 2.45) is 0 Å². The predicted octanol–water partition coefficient (Wildman–Crippen LogP) is 2.26. The molecule has 0 atom stereocenters. The molecule has 100 valence electrons. The molecular weight excluding hydrogens is 254 g/mol. The third-order valence-electron chi connectivity index (χ3n) is 2.30. The Morgan fingerprint density at radius 3 is 2.68 bits per heavy atom. The van der Waals surface area contributed by atoms with E-state index in [1.807, 2.05) is 6.92 Å². The molecule has 0 saturated carbocycles. The monoisotopic (exact) mass is 266 g/mol. The molecule has 0 spiro atoms. The van der Waals surface area contributed by atoms with Crippen molar-refractivity contribution in [1.29, 1.82) is 0 Å². The third-order valence-corrected chi connectivity index (χ3v) is 2.30. The van der Waals surface area contributed by atoms with Gasteiger partial charge in [-0.25, -0.2) is 8.78 Å². The van der Waals surface area contributed by atoms with E-state index in [2.05, 4.69) is 20.3 Å². The van der Waals surface area contributed by atoms with Crippen molar-refractivity contribution < 1.29 is 13.5 Å². The van der Waals surface area contributed by atoms with Crippen molar-refractivity contribution >= 4 is 5.95 Å². The van der Waals surface area contributed by atoms with Crippen LogP contribution in [0.4, 0.5) is 14.7 Å². The van der Waals surface area contributed by atoms with Gasteiger partial charge in [0.1, 0.15) is 11.6 Å². The largest absolute Gasteiger partial charge is 0.467 e. The van der Waals surface area contributed by atoms with Crippen LogP contribution < -0.4 is 10.1 Å². The number of hydrogen-bond acceptors (Lipinski definition) is 5. The minimum absolute atomic E-state index is 0.0137. The minimum atomic E-state index is -0.614. The van der Waals surface area contributed by atoms with Gasteiger partial charge in [0.05, 0.1) is 12.7 Å². The second kappa shape index (κ2) is 5.55. The Morgan fingerprint density at radius 2 is 2.00 bits per heavy atom. The molecule has 0 aliphatic rings. The van der Waals surface area contributed by atoms with Gasteiger partial charge in [0.2, 0.25) is 5.95 Å². The number of nitrogens with one attached hydrogen (secondary N) is 1. The zero-order valence-corrected chi connectivity index (χ0v) is 10.4. The van der Waals surface area contributed by atoms with Crippen molar-refractivity contribution in [3.8, 4) is 17.4 Å². The van der Waals surface area contributed by atoms with Crippen LogP contribution in [-0.4, -0.2) is 28.6 Å². The summed E-state index contributed by atoms with van der Waals surface area (Å²) < 4.78 is 31.8. The normalized spacial score (nSPS) is 10.3. The van der Waals surface area contributed by atoms with E-state index in [-0.39, 0.29) is 23.3 Å². The van der Waals surface area contributed by atoms with Crippen molar-refractivity contribution in [3.63, 3.8) is 0 Å². The summed E-state index contributed by atoms with van der Waals surface area (Å²) in [6.45, 7) is 2.44. The zero-order chi connectivity index (χ0) is 13.8. The number of hydrogen-bond donors (Lipinski definition) is 1. The summed E-state index contributed by atoms with van der Waals surface area (Å²) in [4.78, 5) is 11.9. The molecule has 0 aliphatic carbocycles. The Kier molecular flexibility index (Phi) is 3.84. The Balaban J connectivity index is 2.54. The van der Waals surface area contributed by atoms with Gasteiger partial charge in [-0.05, 0) is 25.1 Å². The number of halogens is 2. The third kappa shape index (κ3) is 2.93. The van der Waals surface area contributed by atoms with Gasteiger partial charge in [-0.2, -0.15) is 15.0 Å². The van der Waals surface area contributed by atoms with Gasteiger partial charge >= 0.3 is 6.01 Å². The van der Waals surface area contributed by atoms with Crippen LogP contribution in [0.5, 0.6) is 6.01 Å². The molecule has 1 aromatic heterocycles. The first kappa shape index (κ1) is 13.1. The Bertz CT molecular complexity index is 592. The molecule has 0 saturated heterocycles. The Labute approximate surface area is 108 Å². The number of ether oxygens (including phenoxy) is 1. The topological polar surface area (TPSA) is 59.9 Å². The standard InChI is InChI=1S/C12H12F2N4O/c1-3-15-11-16-10(17-12(18-11)19-2)8-6-7(13)4-5-9(8)14/h4-6H,3H2,1-2H3,(H,15,16,17,18). The van der Waals surface area contributed by atoms with Crippen LogP contribution in [0.25, 0.3) is 11.4 Å². The van der Waals surface area contributed by atoms with E-state index >= 15 is 0 Å². The first-order valence-electron chi connectivity index (χ1n) is 5.63. The van der Waals surface area contributed by atoms with Crippen LogP contribution in [0.2, 0.25) is 0 Å². The highest BCUT2D eigenvalue weighted by Crippen LogP contribution is 2.22. The maximum Gasteiger partial charge on any atom is 0.321 e. The molecule has 7 heteroatoms. The van der Waals surface area contributed by atoms with Crippen molar-refractivity contribution in [3.05, 3.63) is 29.8 Å². The van der Waals surface area contributed by atoms with Crippen molar-refractivity contribution in [2.45, 2.75) is 6.92 Å². The van der Waals surface area contributed by atoms with E-state index in [4.69, 9.17) is 4.74 Å². The molecule has 19 heavy (non-hydrogen) atoms. The van der Waals surface area contributed by atoms with E-state index in [1.54, 1.807) is 0 Å². The van der Waals surface area contributed by atoms with Gasteiger partial charge in [-0.15, -0.1) is 0 Å². The quantitative estimate of drug-likeness (QED) is 0.919. The maximum atomic E-state index is 13.7. The molecule has 0 amide bonds. The fourth-order valence-corrected chi connectivity index (χ4v) is 1.47. The lowest BCUT2D eigenvalue weighted by Crippen LogP contribution is -2.06. The fraction of sp³-hybridized carbons (Fsp3) is 0.250. The molecule has 0 radical (unpaired) electrons. The number of benzene rings is 1. The first-order chi connectivity index (χ1) is 9.13. The molecule has 2 rings (SSSR count). The smallest absolute Gasteiger partial charge is 0.321 e. The number of aromatic nitrogens is 3. The average molecular weight is 266 g/mol. The van der Waals surface area contributed by atoms with E-state index in [1.165, 1.54) is 7.11 Å². The lowest BCUT2D eigenvalue weighted by atomic mass is 10.2. The second-order valence-corrected chi connectivity index (χ2v) is 3.62. The average Bonchev–Trinajstić information content (AvgIpc) is 2.41. The molecule has 0 unspecified atom stereocenters. The molecule has 2 aromatic rings. The van der Waals surface area contributed by atoms with Crippen LogP contribution in [0, 0.1) is 11.6 Å². The van der Waals surface area contributed by atoms with Gasteiger partial charge in [0, 0.05) is 6.54 Å². The van der Waals surface area contributed by atoms with Crippen LogP contribution >= 0.6 is 0 Å². The lowest BCUT2D eigenvalue weighted by Gasteiger charge is -2.07. The van der Waals surface area contributed by atoms with Crippen LogP contribution in [0.3, 0.4) is 0 Å². The fourth-order valence-electron chi connectivity index (χ4n) is 1.47. The lowest BCUT2D eigenvalue weighted by molar-refractivity contribution is 0.379. The molecular formula is C12H12F2N4O. The Morgan fingerprint density at radius 1 is 1.21 bits per heavy atom. The summed E-state index contributed by atoms with van der Waals surface area (Å²) in [7, 11) is 1.39. The van der Waals surface area contributed by atoms with Crippen molar-refractivity contribution in [1.82, 2.24) is 15.0 Å². The van der Waals surface area contributed by atoms with Crippen LogP contribution in [0.1, 0.15) is 6.92 Å². The van der Waals surface area contributed by atoms with Crippen LogP contribution in [-0.2, 0) is 0 Å². The highest BCUT2D eigenvalue weighted by molar-refractivity contribution is 5.57. The molecule has 0 bridgehead atoms.